The average molecular weight is 383 g/mol. The zero-order chi connectivity index (χ0) is 19.4. The van der Waals surface area contributed by atoms with Crippen LogP contribution in [0.3, 0.4) is 0 Å². The van der Waals surface area contributed by atoms with Crippen molar-refractivity contribution in [1.82, 2.24) is 0 Å². The lowest BCUT2D eigenvalue weighted by molar-refractivity contribution is -0.138. The number of nitrogens with zero attached hydrogens (tertiary/aromatic N) is 1. The van der Waals surface area contributed by atoms with E-state index in [1.165, 1.54) is 0 Å². The highest BCUT2D eigenvalue weighted by atomic mass is 32.2. The SMILES string of the molecule is CCOC(=O)C1=C(O)/C(=C/c2ccc(C)o2)SC1=NC(=O)c1ccccc1. The van der Waals surface area contributed by atoms with Gasteiger partial charge in [0, 0.05) is 5.56 Å². The van der Waals surface area contributed by atoms with Gasteiger partial charge < -0.3 is 14.3 Å². The minimum atomic E-state index is -0.735. The number of hydrogen-bond acceptors (Lipinski definition) is 6. The van der Waals surface area contributed by atoms with Crippen LogP contribution in [-0.4, -0.2) is 28.6 Å². The zero-order valence-corrected chi connectivity index (χ0v) is 15.6. The van der Waals surface area contributed by atoms with Gasteiger partial charge >= 0.3 is 5.97 Å². The summed E-state index contributed by atoms with van der Waals surface area (Å²) in [5.74, 6) is -0.302. The molecule has 0 saturated heterocycles. The summed E-state index contributed by atoms with van der Waals surface area (Å²) >= 11 is 1.01. The Hall–Kier alpha value is -3.06. The first-order valence-corrected chi connectivity index (χ1v) is 9.06. The number of carbonyl (C=O) groups is 2. The van der Waals surface area contributed by atoms with Gasteiger partial charge in [0.15, 0.2) is 0 Å². The molecule has 0 atom stereocenters. The van der Waals surface area contributed by atoms with Gasteiger partial charge in [0.25, 0.3) is 5.91 Å². The Morgan fingerprint density at radius 3 is 2.59 bits per heavy atom. The van der Waals surface area contributed by atoms with Crippen LogP contribution in [0.2, 0.25) is 0 Å². The number of aliphatic hydroxyl groups is 1. The number of esters is 1. The van der Waals surface area contributed by atoms with Crippen LogP contribution in [0.5, 0.6) is 0 Å². The number of aliphatic imine (C=N–C) groups is 1. The molecule has 1 aromatic heterocycles. The van der Waals surface area contributed by atoms with E-state index in [9.17, 15) is 14.7 Å². The molecule has 0 fully saturated rings. The van der Waals surface area contributed by atoms with E-state index in [-0.39, 0.29) is 23.0 Å². The lowest BCUT2D eigenvalue weighted by Gasteiger charge is -2.03. The van der Waals surface area contributed by atoms with Gasteiger partial charge in [-0.25, -0.2) is 9.79 Å². The summed E-state index contributed by atoms with van der Waals surface area (Å²) in [6.45, 7) is 3.59. The Morgan fingerprint density at radius 1 is 1.22 bits per heavy atom. The highest BCUT2D eigenvalue weighted by Crippen LogP contribution is 2.39. The molecule has 3 rings (SSSR count). The van der Waals surface area contributed by atoms with Gasteiger partial charge in [-0.2, -0.15) is 0 Å². The molecule has 0 spiro atoms. The summed E-state index contributed by atoms with van der Waals surface area (Å²) in [5.41, 5.74) is 0.257. The molecule has 2 heterocycles. The highest BCUT2D eigenvalue weighted by Gasteiger charge is 2.34. The molecule has 0 unspecified atom stereocenters. The first-order valence-electron chi connectivity index (χ1n) is 8.24. The van der Waals surface area contributed by atoms with Crippen molar-refractivity contribution in [1.29, 1.82) is 0 Å². The molecule has 7 heteroatoms. The number of ether oxygens (including phenoxy) is 1. The Morgan fingerprint density at radius 2 is 1.96 bits per heavy atom. The van der Waals surface area contributed by atoms with Gasteiger partial charge in [-0.05, 0) is 44.2 Å². The van der Waals surface area contributed by atoms with Gasteiger partial charge in [0.2, 0.25) is 0 Å². The second-order valence-corrected chi connectivity index (χ2v) is 6.62. The number of rotatable bonds is 4. The van der Waals surface area contributed by atoms with Crippen LogP contribution in [0.1, 0.15) is 28.8 Å². The molecular formula is C20H17NO5S. The molecule has 1 aliphatic rings. The number of amides is 1. The van der Waals surface area contributed by atoms with Crippen LogP contribution in [0.25, 0.3) is 6.08 Å². The highest BCUT2D eigenvalue weighted by molar-refractivity contribution is 8.18. The maximum Gasteiger partial charge on any atom is 0.344 e. The monoisotopic (exact) mass is 383 g/mol. The molecule has 2 aromatic rings. The van der Waals surface area contributed by atoms with E-state index in [0.717, 1.165) is 11.8 Å². The fourth-order valence-corrected chi connectivity index (χ4v) is 3.38. The number of hydrogen-bond donors (Lipinski definition) is 1. The second kappa shape index (κ2) is 8.09. The van der Waals surface area contributed by atoms with Gasteiger partial charge in [-0.3, -0.25) is 4.79 Å². The van der Waals surface area contributed by atoms with Crippen LogP contribution < -0.4 is 0 Å². The number of benzene rings is 1. The summed E-state index contributed by atoms with van der Waals surface area (Å²) < 4.78 is 10.5. The fraction of sp³-hybridized carbons (Fsp3) is 0.150. The zero-order valence-electron chi connectivity index (χ0n) is 14.8. The summed E-state index contributed by atoms with van der Waals surface area (Å²) in [7, 11) is 0. The quantitative estimate of drug-likeness (QED) is 0.792. The number of furan rings is 1. The smallest absolute Gasteiger partial charge is 0.344 e. The van der Waals surface area contributed by atoms with Crippen molar-refractivity contribution < 1.29 is 23.8 Å². The normalized spacial score (nSPS) is 17.0. The third-order valence-corrected chi connectivity index (χ3v) is 4.65. The summed E-state index contributed by atoms with van der Waals surface area (Å²) in [6.07, 6.45) is 1.59. The molecule has 1 aromatic carbocycles. The van der Waals surface area contributed by atoms with Crippen LogP contribution in [0, 0.1) is 6.92 Å². The van der Waals surface area contributed by atoms with Crippen molar-refractivity contribution in [3.63, 3.8) is 0 Å². The second-order valence-electron chi connectivity index (χ2n) is 5.59. The van der Waals surface area contributed by atoms with E-state index in [4.69, 9.17) is 9.15 Å². The van der Waals surface area contributed by atoms with Crippen molar-refractivity contribution >= 4 is 34.8 Å². The summed E-state index contributed by atoms with van der Waals surface area (Å²) in [5, 5.41) is 10.6. The predicted octanol–water partition coefficient (Wildman–Crippen LogP) is 4.29. The minimum Gasteiger partial charge on any atom is -0.506 e. The number of thioether (sulfide) groups is 1. The van der Waals surface area contributed by atoms with Crippen molar-refractivity contribution in [2.45, 2.75) is 13.8 Å². The fourth-order valence-electron chi connectivity index (χ4n) is 2.39. The van der Waals surface area contributed by atoms with Crippen LogP contribution in [-0.2, 0) is 9.53 Å². The Balaban J connectivity index is 2.00. The number of aliphatic hydroxyl groups excluding tert-OH is 1. The molecule has 27 heavy (non-hydrogen) atoms. The molecule has 1 aliphatic heterocycles. The maximum atomic E-state index is 12.4. The molecular weight excluding hydrogens is 366 g/mol. The Kier molecular flexibility index (Phi) is 5.61. The Labute approximate surface area is 160 Å². The molecule has 0 bridgehead atoms. The molecule has 0 aliphatic carbocycles. The third kappa shape index (κ3) is 4.20. The molecule has 1 amide bonds. The first-order chi connectivity index (χ1) is 13.0. The van der Waals surface area contributed by atoms with E-state index in [1.54, 1.807) is 62.4 Å². The minimum absolute atomic E-state index is 0.0920. The largest absolute Gasteiger partial charge is 0.506 e. The topological polar surface area (TPSA) is 89.1 Å². The van der Waals surface area contributed by atoms with E-state index in [0.29, 0.717) is 22.0 Å². The van der Waals surface area contributed by atoms with Crippen molar-refractivity contribution in [2.24, 2.45) is 4.99 Å². The van der Waals surface area contributed by atoms with E-state index >= 15 is 0 Å². The van der Waals surface area contributed by atoms with Gasteiger partial charge in [0.1, 0.15) is 27.9 Å². The molecule has 1 N–H and O–H groups in total. The summed E-state index contributed by atoms with van der Waals surface area (Å²) in [6, 6.07) is 12.0. The number of aryl methyl sites for hydroxylation is 1. The number of carbonyl (C=O) groups excluding carboxylic acids is 2. The lowest BCUT2D eigenvalue weighted by atomic mass is 10.2. The summed E-state index contributed by atoms with van der Waals surface area (Å²) in [4.78, 5) is 29.1. The Bertz CT molecular complexity index is 969. The molecule has 0 saturated carbocycles. The molecule has 6 nitrogen and oxygen atoms in total. The van der Waals surface area contributed by atoms with Crippen LogP contribution in [0.4, 0.5) is 0 Å². The van der Waals surface area contributed by atoms with Crippen molar-refractivity contribution in [3.05, 3.63) is 75.8 Å². The maximum absolute atomic E-state index is 12.4. The van der Waals surface area contributed by atoms with Gasteiger partial charge in [0.05, 0.1) is 11.5 Å². The van der Waals surface area contributed by atoms with Gasteiger partial charge in [-0.1, -0.05) is 30.0 Å². The van der Waals surface area contributed by atoms with E-state index in [2.05, 4.69) is 4.99 Å². The lowest BCUT2D eigenvalue weighted by Crippen LogP contribution is -2.14. The first kappa shape index (κ1) is 18.7. The third-order valence-electron chi connectivity index (χ3n) is 3.63. The molecule has 0 radical (unpaired) electrons. The average Bonchev–Trinajstić information content (AvgIpc) is 3.19. The molecule has 138 valence electrons. The van der Waals surface area contributed by atoms with Crippen molar-refractivity contribution in [2.75, 3.05) is 6.61 Å². The van der Waals surface area contributed by atoms with E-state index < -0.39 is 11.9 Å². The van der Waals surface area contributed by atoms with Gasteiger partial charge in [-0.15, -0.1) is 0 Å². The standard InChI is InChI=1S/C20H17NO5S/c1-3-25-20(24)16-17(22)15(11-14-10-9-12(2)26-14)27-19(16)21-18(23)13-7-5-4-6-8-13/h4-11,22H,3H2,1-2H3/b15-11-,21-19?. The van der Waals surface area contributed by atoms with Crippen LogP contribution in [0.15, 0.2) is 68.1 Å². The van der Waals surface area contributed by atoms with Crippen molar-refractivity contribution in [3.8, 4) is 0 Å². The van der Waals surface area contributed by atoms with Crippen LogP contribution >= 0.6 is 11.8 Å². The van der Waals surface area contributed by atoms with E-state index in [1.807, 2.05) is 0 Å². The predicted molar refractivity (Wildman–Crippen MR) is 104 cm³/mol.